The van der Waals surface area contributed by atoms with Crippen molar-refractivity contribution in [2.24, 2.45) is 0 Å². The number of benzene rings is 1. The second-order valence-corrected chi connectivity index (χ2v) is 6.90. The zero-order valence-corrected chi connectivity index (χ0v) is 13.9. The van der Waals surface area contributed by atoms with Gasteiger partial charge in [0, 0.05) is 36.7 Å². The first-order valence-corrected chi connectivity index (χ1v) is 8.71. The second-order valence-electron chi connectivity index (χ2n) is 6.46. The highest BCUT2D eigenvalue weighted by Crippen LogP contribution is 2.29. The van der Waals surface area contributed by atoms with Gasteiger partial charge in [0.1, 0.15) is 0 Å². The summed E-state index contributed by atoms with van der Waals surface area (Å²) in [5, 5.41) is 16.5. The van der Waals surface area contributed by atoms with Crippen LogP contribution in [-0.4, -0.2) is 47.8 Å². The summed E-state index contributed by atoms with van der Waals surface area (Å²) in [6.07, 6.45) is 3.95. The first-order chi connectivity index (χ1) is 11.1. The average molecular weight is 338 g/mol. The van der Waals surface area contributed by atoms with Gasteiger partial charge in [-0.05, 0) is 43.4 Å². The number of nitrogens with one attached hydrogen (secondary N) is 2. The summed E-state index contributed by atoms with van der Waals surface area (Å²) in [7, 11) is 0. The zero-order chi connectivity index (χ0) is 16.2. The van der Waals surface area contributed by atoms with Gasteiger partial charge in [0.05, 0.1) is 6.10 Å². The highest BCUT2D eigenvalue weighted by Gasteiger charge is 2.32. The molecule has 1 saturated carbocycles. The van der Waals surface area contributed by atoms with Gasteiger partial charge in [-0.3, -0.25) is 0 Å². The van der Waals surface area contributed by atoms with Crippen LogP contribution in [0.25, 0.3) is 0 Å². The molecule has 3 rings (SSSR count). The van der Waals surface area contributed by atoms with E-state index in [1.165, 1.54) is 12.8 Å². The molecule has 2 amide bonds. The van der Waals surface area contributed by atoms with E-state index < -0.39 is 6.10 Å². The molecule has 3 N–H and O–H groups in total. The summed E-state index contributed by atoms with van der Waals surface area (Å²) >= 11 is 5.82. The van der Waals surface area contributed by atoms with E-state index in [0.717, 1.165) is 37.5 Å². The third kappa shape index (κ3) is 4.83. The SMILES string of the molecule is O=C(NCC(O)c1ccc(Cl)cc1)NC1CCN(C2CC2)CC1. The lowest BCUT2D eigenvalue weighted by Gasteiger charge is -2.32. The van der Waals surface area contributed by atoms with Crippen molar-refractivity contribution in [1.82, 2.24) is 15.5 Å². The predicted molar refractivity (Wildman–Crippen MR) is 90.6 cm³/mol. The first-order valence-electron chi connectivity index (χ1n) is 8.34. The van der Waals surface area contributed by atoms with Crippen molar-refractivity contribution < 1.29 is 9.90 Å². The van der Waals surface area contributed by atoms with Gasteiger partial charge in [-0.15, -0.1) is 0 Å². The quantitative estimate of drug-likeness (QED) is 0.772. The van der Waals surface area contributed by atoms with Gasteiger partial charge >= 0.3 is 6.03 Å². The number of rotatable bonds is 5. The lowest BCUT2D eigenvalue weighted by atomic mass is 10.1. The maximum Gasteiger partial charge on any atom is 0.315 e. The molecule has 0 radical (unpaired) electrons. The van der Waals surface area contributed by atoms with Gasteiger partial charge in [-0.2, -0.15) is 0 Å². The maximum absolute atomic E-state index is 12.0. The van der Waals surface area contributed by atoms with Crippen molar-refractivity contribution in [3.63, 3.8) is 0 Å². The number of aliphatic hydroxyl groups is 1. The minimum atomic E-state index is -0.727. The van der Waals surface area contributed by atoms with E-state index in [0.29, 0.717) is 5.02 Å². The molecule has 126 valence electrons. The van der Waals surface area contributed by atoms with Crippen LogP contribution in [0.1, 0.15) is 37.4 Å². The minimum Gasteiger partial charge on any atom is -0.387 e. The molecule has 1 unspecified atom stereocenters. The van der Waals surface area contributed by atoms with Gasteiger partial charge in [0.2, 0.25) is 0 Å². The lowest BCUT2D eigenvalue weighted by Crippen LogP contribution is -2.48. The van der Waals surface area contributed by atoms with Crippen molar-refractivity contribution in [1.29, 1.82) is 0 Å². The minimum absolute atomic E-state index is 0.189. The summed E-state index contributed by atoms with van der Waals surface area (Å²) in [5.74, 6) is 0. The van der Waals surface area contributed by atoms with Crippen LogP contribution in [-0.2, 0) is 0 Å². The summed E-state index contributed by atoms with van der Waals surface area (Å²) in [4.78, 5) is 14.5. The van der Waals surface area contributed by atoms with E-state index in [2.05, 4.69) is 15.5 Å². The Balaban J connectivity index is 1.36. The second kappa shape index (κ2) is 7.51. The van der Waals surface area contributed by atoms with Crippen molar-refractivity contribution in [2.45, 2.75) is 43.9 Å². The zero-order valence-electron chi connectivity index (χ0n) is 13.2. The van der Waals surface area contributed by atoms with E-state index in [-0.39, 0.29) is 18.6 Å². The molecule has 2 fully saturated rings. The van der Waals surface area contributed by atoms with Crippen molar-refractivity contribution in [3.05, 3.63) is 34.9 Å². The Bertz CT molecular complexity index is 525. The fraction of sp³-hybridized carbons (Fsp3) is 0.588. The van der Waals surface area contributed by atoms with Crippen molar-refractivity contribution in [2.75, 3.05) is 19.6 Å². The standard InChI is InChI=1S/C17H24ClN3O2/c18-13-3-1-12(2-4-13)16(22)11-19-17(23)20-14-7-9-21(10-8-14)15-5-6-15/h1-4,14-16,22H,5-11H2,(H2,19,20,23). The fourth-order valence-corrected chi connectivity index (χ4v) is 3.20. The summed E-state index contributed by atoms with van der Waals surface area (Å²) in [5.41, 5.74) is 0.743. The molecule has 1 aliphatic heterocycles. The average Bonchev–Trinajstić information content (AvgIpc) is 3.39. The molecule has 23 heavy (non-hydrogen) atoms. The number of likely N-dealkylation sites (tertiary alicyclic amines) is 1. The van der Waals surface area contributed by atoms with E-state index in [1.807, 2.05) is 0 Å². The molecule has 1 saturated heterocycles. The number of piperidine rings is 1. The molecule has 0 spiro atoms. The normalized spacial score (nSPS) is 21.0. The number of nitrogens with zero attached hydrogens (tertiary/aromatic N) is 1. The van der Waals surface area contributed by atoms with Gasteiger partial charge in [0.15, 0.2) is 0 Å². The van der Waals surface area contributed by atoms with Crippen LogP contribution in [0, 0.1) is 0 Å². The molecule has 1 aromatic rings. The smallest absolute Gasteiger partial charge is 0.315 e. The van der Waals surface area contributed by atoms with Crippen LogP contribution in [0.3, 0.4) is 0 Å². The third-order valence-corrected chi connectivity index (χ3v) is 4.89. The Kier molecular flexibility index (Phi) is 5.41. The molecule has 5 nitrogen and oxygen atoms in total. The van der Waals surface area contributed by atoms with Gasteiger partial charge < -0.3 is 20.6 Å². The molecule has 1 heterocycles. The van der Waals surface area contributed by atoms with E-state index >= 15 is 0 Å². The molecule has 1 atom stereocenters. The number of carbonyl (C=O) groups is 1. The lowest BCUT2D eigenvalue weighted by molar-refractivity contribution is 0.167. The summed E-state index contributed by atoms with van der Waals surface area (Å²) < 4.78 is 0. The van der Waals surface area contributed by atoms with Crippen LogP contribution in [0.15, 0.2) is 24.3 Å². The molecule has 2 aliphatic rings. The number of carbonyl (C=O) groups excluding carboxylic acids is 1. The Morgan fingerprint density at radius 1 is 1.22 bits per heavy atom. The topological polar surface area (TPSA) is 64.6 Å². The Hall–Kier alpha value is -1.30. The Morgan fingerprint density at radius 3 is 2.48 bits per heavy atom. The molecule has 6 heteroatoms. The monoisotopic (exact) mass is 337 g/mol. The number of amides is 2. The number of urea groups is 1. The highest BCUT2D eigenvalue weighted by atomic mass is 35.5. The van der Waals surface area contributed by atoms with Gasteiger partial charge in [-0.25, -0.2) is 4.79 Å². The van der Waals surface area contributed by atoms with Crippen LogP contribution in [0.5, 0.6) is 0 Å². The summed E-state index contributed by atoms with van der Waals surface area (Å²) in [6.45, 7) is 2.33. The number of halogens is 1. The molecule has 1 aliphatic carbocycles. The third-order valence-electron chi connectivity index (χ3n) is 4.64. The number of hydrogen-bond acceptors (Lipinski definition) is 3. The fourth-order valence-electron chi connectivity index (χ4n) is 3.08. The van der Waals surface area contributed by atoms with Gasteiger partial charge in [0.25, 0.3) is 0 Å². The molecule has 0 bridgehead atoms. The van der Waals surface area contributed by atoms with Crippen LogP contribution in [0.4, 0.5) is 4.79 Å². The molecule has 0 aromatic heterocycles. The molecular formula is C17H24ClN3O2. The maximum atomic E-state index is 12.0. The molecule has 1 aromatic carbocycles. The Morgan fingerprint density at radius 2 is 1.87 bits per heavy atom. The van der Waals surface area contributed by atoms with Gasteiger partial charge in [-0.1, -0.05) is 23.7 Å². The predicted octanol–water partition coefficient (Wildman–Crippen LogP) is 2.30. The van der Waals surface area contributed by atoms with E-state index in [9.17, 15) is 9.90 Å². The first kappa shape index (κ1) is 16.6. The number of aliphatic hydroxyl groups excluding tert-OH is 1. The van der Waals surface area contributed by atoms with Crippen LogP contribution < -0.4 is 10.6 Å². The molecular weight excluding hydrogens is 314 g/mol. The van der Waals surface area contributed by atoms with Crippen molar-refractivity contribution in [3.8, 4) is 0 Å². The van der Waals surface area contributed by atoms with E-state index in [1.54, 1.807) is 24.3 Å². The van der Waals surface area contributed by atoms with E-state index in [4.69, 9.17) is 11.6 Å². The van der Waals surface area contributed by atoms with Crippen LogP contribution in [0.2, 0.25) is 5.02 Å². The number of hydrogen-bond donors (Lipinski definition) is 3. The van der Waals surface area contributed by atoms with Crippen molar-refractivity contribution >= 4 is 17.6 Å². The van der Waals surface area contributed by atoms with Crippen LogP contribution >= 0.6 is 11.6 Å². The highest BCUT2D eigenvalue weighted by molar-refractivity contribution is 6.30. The summed E-state index contributed by atoms with van der Waals surface area (Å²) in [6, 6.07) is 7.82. The largest absolute Gasteiger partial charge is 0.387 e. The Labute approximate surface area is 142 Å².